The Morgan fingerprint density at radius 1 is 1.19 bits per heavy atom. The minimum Gasteiger partial charge on any atom is -0.508 e. The number of phenols is 1. The molecule has 2 aromatic rings. The Hall–Kier alpha value is -1.95. The molecule has 1 aromatic carbocycles. The van der Waals surface area contributed by atoms with Crippen molar-refractivity contribution >= 4 is 16.5 Å². The molecule has 0 amide bonds. The summed E-state index contributed by atoms with van der Waals surface area (Å²) < 4.78 is 0. The molecule has 2 N–H and O–H groups in total. The molecular weight excluding hydrogens is 226 g/mol. The van der Waals surface area contributed by atoms with Crippen LogP contribution < -0.4 is 0 Å². The van der Waals surface area contributed by atoms with Crippen LogP contribution in [-0.4, -0.2) is 15.2 Å². The number of thiazole rings is 1. The number of hydrogen-bond donors (Lipinski definition) is 2. The molecule has 0 fully saturated rings. The standard InChI is InChI=1S/C10H9N3O2S/c14-8-3-1-7(2-4-8)5-11-13-10-12-9(15)6-16-10/h1-4,6,14-15H,5H2. The first-order valence-electron chi connectivity index (χ1n) is 4.54. The molecule has 0 saturated heterocycles. The van der Waals surface area contributed by atoms with E-state index in [0.717, 1.165) is 5.56 Å². The van der Waals surface area contributed by atoms with Crippen LogP contribution in [-0.2, 0) is 6.54 Å². The summed E-state index contributed by atoms with van der Waals surface area (Å²) in [4.78, 5) is 3.73. The summed E-state index contributed by atoms with van der Waals surface area (Å²) in [5.41, 5.74) is 0.947. The third-order valence-corrected chi connectivity index (χ3v) is 2.54. The number of phenolic OH excluding ortho intramolecular Hbond substituents is 1. The van der Waals surface area contributed by atoms with Gasteiger partial charge in [-0.3, -0.25) is 0 Å². The summed E-state index contributed by atoms with van der Waals surface area (Å²) in [5, 5.41) is 27.8. The van der Waals surface area contributed by atoms with E-state index < -0.39 is 0 Å². The highest BCUT2D eigenvalue weighted by atomic mass is 32.1. The van der Waals surface area contributed by atoms with E-state index in [1.54, 1.807) is 24.3 Å². The second-order valence-electron chi connectivity index (χ2n) is 3.05. The summed E-state index contributed by atoms with van der Waals surface area (Å²) in [6.07, 6.45) is 0. The van der Waals surface area contributed by atoms with E-state index in [0.29, 0.717) is 11.7 Å². The van der Waals surface area contributed by atoms with Gasteiger partial charge >= 0.3 is 0 Å². The van der Waals surface area contributed by atoms with Crippen LogP contribution in [0.1, 0.15) is 5.56 Å². The predicted molar refractivity (Wildman–Crippen MR) is 60.1 cm³/mol. The maximum atomic E-state index is 9.07. The number of benzene rings is 1. The molecule has 1 heterocycles. The van der Waals surface area contributed by atoms with Crippen molar-refractivity contribution < 1.29 is 10.2 Å². The van der Waals surface area contributed by atoms with Crippen molar-refractivity contribution in [2.75, 3.05) is 0 Å². The maximum Gasteiger partial charge on any atom is 0.232 e. The van der Waals surface area contributed by atoms with Gasteiger partial charge in [-0.15, -0.1) is 5.11 Å². The van der Waals surface area contributed by atoms with Gasteiger partial charge in [0.1, 0.15) is 5.75 Å². The number of hydrogen-bond acceptors (Lipinski definition) is 6. The largest absolute Gasteiger partial charge is 0.508 e. The highest BCUT2D eigenvalue weighted by Gasteiger charge is 1.97. The van der Waals surface area contributed by atoms with Crippen molar-refractivity contribution in [3.63, 3.8) is 0 Å². The summed E-state index contributed by atoms with van der Waals surface area (Å²) in [6, 6.07) is 6.74. The highest BCUT2D eigenvalue weighted by Crippen LogP contribution is 2.23. The molecule has 6 heteroatoms. The normalized spacial score (nSPS) is 11.0. The third kappa shape index (κ3) is 2.77. The van der Waals surface area contributed by atoms with Crippen LogP contribution in [0.5, 0.6) is 11.6 Å². The molecule has 0 unspecified atom stereocenters. The van der Waals surface area contributed by atoms with Gasteiger partial charge in [0.2, 0.25) is 11.0 Å². The molecule has 0 bridgehead atoms. The monoisotopic (exact) mass is 235 g/mol. The number of aromatic hydroxyl groups is 2. The van der Waals surface area contributed by atoms with Crippen molar-refractivity contribution in [3.05, 3.63) is 35.2 Å². The lowest BCUT2D eigenvalue weighted by Gasteiger charge is -1.94. The lowest BCUT2D eigenvalue weighted by atomic mass is 10.2. The van der Waals surface area contributed by atoms with Gasteiger partial charge in [-0.1, -0.05) is 23.5 Å². The highest BCUT2D eigenvalue weighted by molar-refractivity contribution is 7.13. The fraction of sp³-hybridized carbons (Fsp3) is 0.100. The van der Waals surface area contributed by atoms with E-state index in [4.69, 9.17) is 10.2 Å². The van der Waals surface area contributed by atoms with Crippen LogP contribution in [0, 0.1) is 0 Å². The van der Waals surface area contributed by atoms with Gasteiger partial charge in [0.25, 0.3) is 0 Å². The zero-order chi connectivity index (χ0) is 11.4. The van der Waals surface area contributed by atoms with Gasteiger partial charge in [0.05, 0.1) is 11.9 Å². The summed E-state index contributed by atoms with van der Waals surface area (Å²) in [6.45, 7) is 0.417. The number of aromatic nitrogens is 1. The maximum absolute atomic E-state index is 9.07. The third-order valence-electron chi connectivity index (χ3n) is 1.83. The van der Waals surface area contributed by atoms with Gasteiger partial charge in [0.15, 0.2) is 0 Å². The van der Waals surface area contributed by atoms with Crippen LogP contribution in [0.25, 0.3) is 0 Å². The molecule has 5 nitrogen and oxygen atoms in total. The fourth-order valence-corrected chi connectivity index (χ4v) is 1.60. The van der Waals surface area contributed by atoms with Gasteiger partial charge in [-0.25, -0.2) is 0 Å². The number of rotatable bonds is 3. The minimum absolute atomic E-state index is 0.0383. The van der Waals surface area contributed by atoms with E-state index >= 15 is 0 Å². The van der Waals surface area contributed by atoms with Crippen molar-refractivity contribution in [1.29, 1.82) is 0 Å². The van der Waals surface area contributed by atoms with Crippen molar-refractivity contribution in [1.82, 2.24) is 4.98 Å². The second kappa shape index (κ2) is 4.71. The Morgan fingerprint density at radius 2 is 1.94 bits per heavy atom. The molecule has 0 radical (unpaired) electrons. The molecule has 0 spiro atoms. The lowest BCUT2D eigenvalue weighted by Crippen LogP contribution is -1.78. The molecule has 0 atom stereocenters. The summed E-state index contributed by atoms with van der Waals surface area (Å²) in [5.74, 6) is 0.189. The van der Waals surface area contributed by atoms with Crippen molar-refractivity contribution in [2.45, 2.75) is 6.54 Å². The van der Waals surface area contributed by atoms with Gasteiger partial charge in [-0.05, 0) is 17.7 Å². The SMILES string of the molecule is Oc1ccc(CN=Nc2nc(O)cs2)cc1. The van der Waals surface area contributed by atoms with E-state index in [1.807, 2.05) is 0 Å². The van der Waals surface area contributed by atoms with Gasteiger partial charge in [0, 0.05) is 0 Å². The van der Waals surface area contributed by atoms with Gasteiger partial charge < -0.3 is 10.2 Å². The summed E-state index contributed by atoms with van der Waals surface area (Å²) >= 11 is 1.23. The predicted octanol–water partition coefficient (Wildman–Crippen LogP) is 2.84. The fourth-order valence-electron chi connectivity index (χ4n) is 1.08. The Kier molecular flexibility index (Phi) is 3.11. The topological polar surface area (TPSA) is 78.1 Å². The Bertz CT molecular complexity index is 493. The smallest absolute Gasteiger partial charge is 0.232 e. The molecule has 0 aliphatic carbocycles. The Balaban J connectivity index is 1.97. The Labute approximate surface area is 95.7 Å². The zero-order valence-electron chi connectivity index (χ0n) is 8.24. The van der Waals surface area contributed by atoms with E-state index in [1.165, 1.54) is 16.7 Å². The molecule has 16 heavy (non-hydrogen) atoms. The van der Waals surface area contributed by atoms with Crippen LogP contribution in [0.15, 0.2) is 39.9 Å². The second-order valence-corrected chi connectivity index (χ2v) is 3.89. The van der Waals surface area contributed by atoms with Crippen molar-refractivity contribution in [3.8, 4) is 11.6 Å². The van der Waals surface area contributed by atoms with Crippen LogP contribution >= 0.6 is 11.3 Å². The minimum atomic E-state index is -0.0383. The quantitative estimate of drug-likeness (QED) is 0.803. The first kappa shape index (κ1) is 10.6. The Morgan fingerprint density at radius 3 is 2.56 bits per heavy atom. The molecule has 82 valence electrons. The lowest BCUT2D eigenvalue weighted by molar-refractivity contribution is 0.457. The first-order chi connectivity index (χ1) is 7.74. The van der Waals surface area contributed by atoms with E-state index in [9.17, 15) is 0 Å². The van der Waals surface area contributed by atoms with Crippen LogP contribution in [0.4, 0.5) is 5.13 Å². The molecule has 0 aliphatic rings. The van der Waals surface area contributed by atoms with Crippen LogP contribution in [0.3, 0.4) is 0 Å². The van der Waals surface area contributed by atoms with Crippen molar-refractivity contribution in [2.24, 2.45) is 10.2 Å². The summed E-state index contributed by atoms with van der Waals surface area (Å²) in [7, 11) is 0. The molecule has 1 aromatic heterocycles. The molecule has 0 aliphatic heterocycles. The molecule has 0 saturated carbocycles. The van der Waals surface area contributed by atoms with E-state index in [-0.39, 0.29) is 11.6 Å². The average Bonchev–Trinajstić information content (AvgIpc) is 2.67. The average molecular weight is 235 g/mol. The van der Waals surface area contributed by atoms with Crippen LogP contribution in [0.2, 0.25) is 0 Å². The zero-order valence-corrected chi connectivity index (χ0v) is 9.05. The number of azo groups is 1. The van der Waals surface area contributed by atoms with Gasteiger partial charge in [-0.2, -0.15) is 10.1 Å². The molecule has 2 rings (SSSR count). The first-order valence-corrected chi connectivity index (χ1v) is 5.42. The number of nitrogens with zero attached hydrogens (tertiary/aromatic N) is 3. The van der Waals surface area contributed by atoms with E-state index in [2.05, 4.69) is 15.2 Å². The molecular formula is C10H9N3O2S.